The third-order valence-corrected chi connectivity index (χ3v) is 9.71. The minimum Gasteiger partial charge on any atom is -0.468 e. The number of esters is 1. The van der Waals surface area contributed by atoms with Crippen molar-refractivity contribution in [1.82, 2.24) is 14.9 Å². The van der Waals surface area contributed by atoms with E-state index in [4.69, 9.17) is 14.7 Å². The minimum atomic E-state index is -2.62. The van der Waals surface area contributed by atoms with Crippen LogP contribution in [0.25, 0.3) is 22.3 Å². The number of rotatable bonds is 2. The van der Waals surface area contributed by atoms with Crippen LogP contribution in [0.5, 0.6) is 0 Å². The van der Waals surface area contributed by atoms with Crippen LogP contribution in [-0.4, -0.2) is 62.8 Å². The molecule has 3 unspecified atom stereocenters. The number of nitrogens with zero attached hydrogens (tertiary/aromatic N) is 3. The zero-order valence-corrected chi connectivity index (χ0v) is 21.8. The predicted octanol–water partition coefficient (Wildman–Crippen LogP) is 3.69. The average molecular weight is 532 g/mol. The van der Waals surface area contributed by atoms with Crippen LogP contribution in [0.3, 0.4) is 0 Å². The number of hydrogen-bond acceptors (Lipinski definition) is 8. The normalized spacial score (nSPS) is 27.6. The lowest BCUT2D eigenvalue weighted by Gasteiger charge is -2.41. The van der Waals surface area contributed by atoms with E-state index < -0.39 is 40.1 Å². The molecule has 3 heterocycles. The van der Waals surface area contributed by atoms with Crippen LogP contribution >= 0.6 is 0 Å². The molecule has 1 aromatic heterocycles. The molecule has 3 aromatic carbocycles. The summed E-state index contributed by atoms with van der Waals surface area (Å²) < 4.78 is 5.40. The molecule has 2 aliphatic heterocycles. The number of methoxy groups -OCH3 is 1. The molecule has 1 N–H and O–H groups in total. The van der Waals surface area contributed by atoms with E-state index >= 15 is 0 Å². The van der Waals surface area contributed by atoms with Gasteiger partial charge in [-0.2, -0.15) is 0 Å². The first kappa shape index (κ1) is 23.6. The second-order valence-electron chi connectivity index (χ2n) is 11.2. The Hall–Kier alpha value is -4.27. The van der Waals surface area contributed by atoms with E-state index in [0.29, 0.717) is 29.9 Å². The maximum atomic E-state index is 14.1. The van der Waals surface area contributed by atoms with Crippen molar-refractivity contribution in [1.29, 1.82) is 0 Å². The monoisotopic (exact) mass is 531 g/mol. The van der Waals surface area contributed by atoms with Gasteiger partial charge >= 0.3 is 5.97 Å². The van der Waals surface area contributed by atoms with Crippen molar-refractivity contribution in [3.63, 3.8) is 0 Å². The standard InChI is InChI=1S/C32H25N3O5/c1-40-29(38)30(32(39)27(36)18-9-2-3-10-19(18)28(32)37)17-31(35-16-8-15-24(30)35)21-12-5-4-11-20(21)25-26(31)34-23-14-7-6-13-22(23)33-25/h2-7,9-14,24,39H,8,15-17H2,1H3. The van der Waals surface area contributed by atoms with Gasteiger partial charge in [-0.25, -0.2) is 9.97 Å². The zero-order valence-electron chi connectivity index (χ0n) is 21.8. The van der Waals surface area contributed by atoms with E-state index in [0.717, 1.165) is 23.1 Å². The highest BCUT2D eigenvalue weighted by Crippen LogP contribution is 2.67. The van der Waals surface area contributed by atoms with E-state index in [-0.39, 0.29) is 17.5 Å². The minimum absolute atomic E-state index is 0.0453. The first-order chi connectivity index (χ1) is 19.4. The van der Waals surface area contributed by atoms with E-state index in [2.05, 4.69) is 4.90 Å². The fourth-order valence-electron chi connectivity index (χ4n) is 8.17. The number of Topliss-reactive ketones (excluding diaryl/α,β-unsaturated/α-hetero) is 2. The summed E-state index contributed by atoms with van der Waals surface area (Å²) in [6.45, 7) is 0.594. The van der Waals surface area contributed by atoms with Crippen molar-refractivity contribution >= 4 is 28.6 Å². The number of aromatic nitrogens is 2. The van der Waals surface area contributed by atoms with Gasteiger partial charge in [-0.1, -0.05) is 60.7 Å². The average Bonchev–Trinajstić information content (AvgIpc) is 3.71. The van der Waals surface area contributed by atoms with Crippen LogP contribution in [0.1, 0.15) is 51.2 Å². The highest BCUT2D eigenvalue weighted by Gasteiger charge is 2.79. The summed E-state index contributed by atoms with van der Waals surface area (Å²) in [4.78, 5) is 54.6. The van der Waals surface area contributed by atoms with Gasteiger partial charge in [-0.05, 0) is 43.5 Å². The molecule has 1 spiro atoms. The molecule has 0 radical (unpaired) electrons. The molecule has 4 aliphatic rings. The Kier molecular flexibility index (Phi) is 4.53. The van der Waals surface area contributed by atoms with Crippen molar-refractivity contribution in [2.45, 2.75) is 36.4 Å². The summed E-state index contributed by atoms with van der Waals surface area (Å²) in [6.07, 6.45) is 1.18. The van der Waals surface area contributed by atoms with E-state index in [1.54, 1.807) is 12.1 Å². The van der Waals surface area contributed by atoms with Crippen LogP contribution in [-0.2, 0) is 15.1 Å². The summed E-state index contributed by atoms with van der Waals surface area (Å²) in [5, 5.41) is 12.5. The predicted molar refractivity (Wildman–Crippen MR) is 145 cm³/mol. The fraction of sp³-hybridized carbons (Fsp3) is 0.281. The molecule has 2 saturated heterocycles. The molecule has 8 nitrogen and oxygen atoms in total. The van der Waals surface area contributed by atoms with Gasteiger partial charge in [0.05, 0.1) is 35.1 Å². The van der Waals surface area contributed by atoms with Crippen molar-refractivity contribution in [3.8, 4) is 11.3 Å². The number of aliphatic hydroxyl groups is 1. The Morgan fingerprint density at radius 3 is 2.17 bits per heavy atom. The third-order valence-electron chi connectivity index (χ3n) is 9.71. The number of hydrogen-bond donors (Lipinski definition) is 1. The van der Waals surface area contributed by atoms with Gasteiger partial charge in [-0.3, -0.25) is 19.3 Å². The Bertz CT molecular complexity index is 1780. The van der Waals surface area contributed by atoms with Crippen molar-refractivity contribution in [2.75, 3.05) is 13.7 Å². The van der Waals surface area contributed by atoms with E-state index in [1.165, 1.54) is 19.2 Å². The van der Waals surface area contributed by atoms with Crippen LogP contribution in [0.15, 0.2) is 72.8 Å². The highest BCUT2D eigenvalue weighted by atomic mass is 16.5. The maximum absolute atomic E-state index is 14.1. The molecule has 2 fully saturated rings. The van der Waals surface area contributed by atoms with Gasteiger partial charge < -0.3 is 9.84 Å². The van der Waals surface area contributed by atoms with Crippen molar-refractivity contribution < 1.29 is 24.2 Å². The van der Waals surface area contributed by atoms with Gasteiger partial charge in [0, 0.05) is 22.7 Å². The first-order valence-corrected chi connectivity index (χ1v) is 13.5. The number of ether oxygens (including phenoxy) is 1. The molecule has 3 atom stereocenters. The lowest BCUT2D eigenvalue weighted by Crippen LogP contribution is -2.64. The Balaban J connectivity index is 1.45. The SMILES string of the molecule is COC(=O)C1(C2(O)C(=O)c3ccccc3C2=O)CC2(c3ccccc3-c3nc4ccccc4nc32)N2CCCC21. The maximum Gasteiger partial charge on any atom is 0.317 e. The van der Waals surface area contributed by atoms with Crippen molar-refractivity contribution in [3.05, 3.63) is 95.2 Å². The molecule has 0 amide bonds. The molecule has 198 valence electrons. The molecule has 40 heavy (non-hydrogen) atoms. The highest BCUT2D eigenvalue weighted by molar-refractivity contribution is 6.34. The molecule has 0 bridgehead atoms. The fourth-order valence-corrected chi connectivity index (χ4v) is 8.17. The van der Waals surface area contributed by atoms with Crippen LogP contribution in [0.4, 0.5) is 0 Å². The summed E-state index contributed by atoms with van der Waals surface area (Å²) in [6, 6.07) is 21.2. The molecular weight excluding hydrogens is 506 g/mol. The molecular formula is C32H25N3O5. The second kappa shape index (κ2) is 7.68. The molecule has 8 heteroatoms. The summed E-state index contributed by atoms with van der Waals surface area (Å²) in [7, 11) is 1.25. The number of ketones is 2. The number of fused-ring (bicyclic) bond motifs is 9. The topological polar surface area (TPSA) is 110 Å². The zero-order chi connectivity index (χ0) is 27.4. The van der Waals surface area contributed by atoms with Crippen molar-refractivity contribution in [2.24, 2.45) is 5.41 Å². The largest absolute Gasteiger partial charge is 0.468 e. The summed E-state index contributed by atoms with van der Waals surface area (Å²) in [5.41, 5.74) is -0.609. The third kappa shape index (κ3) is 2.44. The van der Waals surface area contributed by atoms with Crippen LogP contribution in [0.2, 0.25) is 0 Å². The van der Waals surface area contributed by atoms with Gasteiger partial charge in [-0.15, -0.1) is 0 Å². The molecule has 8 rings (SSSR count). The Morgan fingerprint density at radius 1 is 0.900 bits per heavy atom. The number of benzene rings is 3. The molecule has 0 saturated carbocycles. The van der Waals surface area contributed by atoms with E-state index in [1.807, 2.05) is 48.5 Å². The summed E-state index contributed by atoms with van der Waals surface area (Å²) in [5.74, 6) is -2.27. The van der Waals surface area contributed by atoms with Gasteiger partial charge in [0.15, 0.2) is 0 Å². The number of para-hydroxylation sites is 2. The number of carbonyl (C=O) groups excluding carboxylic acids is 3. The lowest BCUT2D eigenvalue weighted by molar-refractivity contribution is -0.165. The smallest absolute Gasteiger partial charge is 0.317 e. The second-order valence-corrected chi connectivity index (χ2v) is 11.2. The Morgan fingerprint density at radius 2 is 1.50 bits per heavy atom. The summed E-state index contributed by atoms with van der Waals surface area (Å²) >= 11 is 0. The molecule has 2 aliphatic carbocycles. The quantitative estimate of drug-likeness (QED) is 0.308. The Labute approximate surface area is 229 Å². The first-order valence-electron chi connectivity index (χ1n) is 13.5. The van der Waals surface area contributed by atoms with Gasteiger partial charge in [0.25, 0.3) is 0 Å². The lowest BCUT2D eigenvalue weighted by atomic mass is 9.61. The van der Waals surface area contributed by atoms with Gasteiger partial charge in [0.1, 0.15) is 5.41 Å². The number of carbonyl (C=O) groups is 3. The van der Waals surface area contributed by atoms with Crippen LogP contribution in [0, 0.1) is 5.41 Å². The molecule has 4 aromatic rings. The van der Waals surface area contributed by atoms with Crippen LogP contribution < -0.4 is 0 Å². The van der Waals surface area contributed by atoms with E-state index in [9.17, 15) is 19.5 Å². The van der Waals surface area contributed by atoms with Gasteiger partial charge in [0.2, 0.25) is 17.2 Å².